The molecule has 6 heteroatoms. The van der Waals surface area contributed by atoms with Gasteiger partial charge in [0.1, 0.15) is 0 Å². The van der Waals surface area contributed by atoms with Crippen molar-refractivity contribution < 1.29 is 4.79 Å². The second kappa shape index (κ2) is 6.52. The molecule has 0 aliphatic heterocycles. The number of hydrogen-bond donors (Lipinski definition) is 1. The largest absolute Gasteiger partial charge is 0.320 e. The van der Waals surface area contributed by atoms with Crippen LogP contribution >= 0.6 is 63.7 Å². The molecule has 0 aromatic heterocycles. The van der Waals surface area contributed by atoms with Crippen LogP contribution in [0.5, 0.6) is 0 Å². The minimum absolute atomic E-state index is 0.162. The van der Waals surface area contributed by atoms with Crippen LogP contribution in [-0.2, 0) is 0 Å². The highest BCUT2D eigenvalue weighted by atomic mass is 79.9. The zero-order valence-electron chi connectivity index (χ0n) is 9.38. The van der Waals surface area contributed by atoms with E-state index in [0.717, 1.165) is 17.9 Å². The van der Waals surface area contributed by atoms with Crippen molar-refractivity contribution in [3.63, 3.8) is 0 Å². The number of benzene rings is 2. The highest BCUT2D eigenvalue weighted by Gasteiger charge is 2.12. The number of amides is 1. The molecule has 0 unspecified atom stereocenters. The van der Waals surface area contributed by atoms with Crippen molar-refractivity contribution in [1.29, 1.82) is 0 Å². The van der Waals surface area contributed by atoms with E-state index in [2.05, 4.69) is 69.0 Å². The summed E-state index contributed by atoms with van der Waals surface area (Å²) in [6, 6.07) is 11.0. The van der Waals surface area contributed by atoms with Crippen molar-refractivity contribution >= 4 is 75.3 Å². The summed E-state index contributed by atoms with van der Waals surface area (Å²) in [6.45, 7) is 0. The molecule has 0 aliphatic carbocycles. The highest BCUT2D eigenvalue weighted by molar-refractivity contribution is 9.11. The van der Waals surface area contributed by atoms with E-state index in [4.69, 9.17) is 0 Å². The van der Waals surface area contributed by atoms with E-state index < -0.39 is 0 Å². The Balaban J connectivity index is 2.29. The van der Waals surface area contributed by atoms with Gasteiger partial charge in [-0.15, -0.1) is 0 Å². The van der Waals surface area contributed by atoms with E-state index in [1.807, 2.05) is 24.3 Å². The van der Waals surface area contributed by atoms with Gasteiger partial charge in [-0.25, -0.2) is 0 Å². The van der Waals surface area contributed by atoms with E-state index >= 15 is 0 Å². The molecule has 0 atom stereocenters. The standard InChI is InChI=1S/C13H7Br4NO/c14-8-3-1-2-7(4-8)13(19)18-12-10(16)5-9(15)6-11(12)17/h1-6H,(H,18,19). The number of nitrogens with one attached hydrogen (secondary N) is 1. The predicted molar refractivity (Wildman–Crippen MR) is 91.6 cm³/mol. The molecule has 0 saturated heterocycles. The summed E-state index contributed by atoms with van der Waals surface area (Å²) >= 11 is 13.6. The molecule has 0 bridgehead atoms. The van der Waals surface area contributed by atoms with Crippen molar-refractivity contribution in [2.24, 2.45) is 0 Å². The lowest BCUT2D eigenvalue weighted by atomic mass is 10.2. The molecule has 98 valence electrons. The summed E-state index contributed by atoms with van der Waals surface area (Å²) in [7, 11) is 0. The molecule has 2 nitrogen and oxygen atoms in total. The summed E-state index contributed by atoms with van der Waals surface area (Å²) in [5.74, 6) is -0.162. The molecule has 1 amide bonds. The molecule has 0 radical (unpaired) electrons. The van der Waals surface area contributed by atoms with Gasteiger partial charge in [0.15, 0.2) is 0 Å². The average Bonchev–Trinajstić information content (AvgIpc) is 2.33. The minimum Gasteiger partial charge on any atom is -0.320 e. The first-order valence-corrected chi connectivity index (χ1v) is 8.36. The van der Waals surface area contributed by atoms with Crippen molar-refractivity contribution in [1.82, 2.24) is 0 Å². The van der Waals surface area contributed by atoms with Crippen LogP contribution in [0, 0.1) is 0 Å². The van der Waals surface area contributed by atoms with Gasteiger partial charge in [0, 0.05) is 23.5 Å². The monoisotopic (exact) mass is 509 g/mol. The number of hydrogen-bond acceptors (Lipinski definition) is 1. The Bertz CT molecular complexity index is 619. The zero-order valence-corrected chi connectivity index (χ0v) is 15.7. The summed E-state index contributed by atoms with van der Waals surface area (Å²) in [6.07, 6.45) is 0. The van der Waals surface area contributed by atoms with Crippen LogP contribution in [0.4, 0.5) is 5.69 Å². The summed E-state index contributed by atoms with van der Waals surface area (Å²) in [5, 5.41) is 2.87. The fourth-order valence-electron chi connectivity index (χ4n) is 1.48. The number of halogens is 4. The normalized spacial score (nSPS) is 10.3. The third-order valence-corrected chi connectivity index (χ3v) is 4.53. The quantitative estimate of drug-likeness (QED) is 0.526. The second-order valence-electron chi connectivity index (χ2n) is 3.71. The third kappa shape index (κ3) is 3.90. The van der Waals surface area contributed by atoms with E-state index in [1.165, 1.54) is 0 Å². The SMILES string of the molecule is O=C(Nc1c(Br)cc(Br)cc1Br)c1cccc(Br)c1. The summed E-state index contributed by atoms with van der Waals surface area (Å²) in [4.78, 5) is 12.2. The van der Waals surface area contributed by atoms with E-state index in [-0.39, 0.29) is 5.91 Å². The minimum atomic E-state index is -0.162. The first kappa shape index (κ1) is 15.2. The number of rotatable bonds is 2. The van der Waals surface area contributed by atoms with Gasteiger partial charge >= 0.3 is 0 Å². The van der Waals surface area contributed by atoms with Gasteiger partial charge in [-0.1, -0.05) is 37.9 Å². The second-order valence-corrected chi connectivity index (χ2v) is 7.25. The number of carbonyl (C=O) groups is 1. The van der Waals surface area contributed by atoms with Gasteiger partial charge in [0.05, 0.1) is 5.69 Å². The molecule has 2 aromatic rings. The van der Waals surface area contributed by atoms with Gasteiger partial charge in [0.25, 0.3) is 5.91 Å². The Kier molecular flexibility index (Phi) is 5.22. The van der Waals surface area contributed by atoms with Crippen molar-refractivity contribution in [2.75, 3.05) is 5.32 Å². The third-order valence-electron chi connectivity index (χ3n) is 2.33. The van der Waals surface area contributed by atoms with Crippen LogP contribution in [0.2, 0.25) is 0 Å². The molecule has 19 heavy (non-hydrogen) atoms. The fourth-order valence-corrected chi connectivity index (χ4v) is 4.33. The molecule has 0 aliphatic rings. The molecular formula is C13H7Br4NO. The molecule has 2 aromatic carbocycles. The predicted octanol–water partition coefficient (Wildman–Crippen LogP) is 5.99. The number of carbonyl (C=O) groups excluding carboxylic acids is 1. The van der Waals surface area contributed by atoms with Gasteiger partial charge in [-0.3, -0.25) is 4.79 Å². The van der Waals surface area contributed by atoms with Crippen LogP contribution in [-0.4, -0.2) is 5.91 Å². The van der Waals surface area contributed by atoms with Gasteiger partial charge in [0.2, 0.25) is 0 Å². The van der Waals surface area contributed by atoms with Crippen molar-refractivity contribution in [2.45, 2.75) is 0 Å². The van der Waals surface area contributed by atoms with Crippen LogP contribution < -0.4 is 5.32 Å². The Morgan fingerprint density at radius 3 is 2.11 bits per heavy atom. The van der Waals surface area contributed by atoms with Crippen molar-refractivity contribution in [3.05, 3.63) is 59.9 Å². The number of anilines is 1. The lowest BCUT2D eigenvalue weighted by molar-refractivity contribution is 0.102. The zero-order chi connectivity index (χ0) is 14.0. The molecule has 0 saturated carbocycles. The molecule has 0 fully saturated rings. The van der Waals surface area contributed by atoms with Gasteiger partial charge in [-0.05, 0) is 62.2 Å². The average molecular weight is 513 g/mol. The Hall–Kier alpha value is -0.170. The van der Waals surface area contributed by atoms with Crippen LogP contribution in [0.1, 0.15) is 10.4 Å². The molecule has 0 heterocycles. The smallest absolute Gasteiger partial charge is 0.255 e. The summed E-state index contributed by atoms with van der Waals surface area (Å²) < 4.78 is 3.40. The first-order valence-electron chi connectivity index (χ1n) is 5.19. The van der Waals surface area contributed by atoms with Gasteiger partial charge in [-0.2, -0.15) is 0 Å². The highest BCUT2D eigenvalue weighted by Crippen LogP contribution is 2.34. The molecular weight excluding hydrogens is 506 g/mol. The van der Waals surface area contributed by atoms with Crippen LogP contribution in [0.3, 0.4) is 0 Å². The van der Waals surface area contributed by atoms with E-state index in [9.17, 15) is 4.79 Å². The Morgan fingerprint density at radius 1 is 0.895 bits per heavy atom. The topological polar surface area (TPSA) is 29.1 Å². The fraction of sp³-hybridized carbons (Fsp3) is 0. The Labute approximate surface area is 144 Å². The van der Waals surface area contributed by atoms with Crippen molar-refractivity contribution in [3.8, 4) is 0 Å². The van der Waals surface area contributed by atoms with E-state index in [1.54, 1.807) is 12.1 Å². The van der Waals surface area contributed by atoms with Gasteiger partial charge < -0.3 is 5.32 Å². The maximum atomic E-state index is 12.2. The lowest BCUT2D eigenvalue weighted by Crippen LogP contribution is -2.12. The van der Waals surface area contributed by atoms with Crippen LogP contribution in [0.25, 0.3) is 0 Å². The maximum Gasteiger partial charge on any atom is 0.255 e. The van der Waals surface area contributed by atoms with Crippen LogP contribution in [0.15, 0.2) is 54.3 Å². The lowest BCUT2D eigenvalue weighted by Gasteiger charge is -2.10. The summed E-state index contributed by atoms with van der Waals surface area (Å²) in [5.41, 5.74) is 1.30. The van der Waals surface area contributed by atoms with E-state index in [0.29, 0.717) is 11.3 Å². The first-order chi connectivity index (χ1) is 8.97. The Morgan fingerprint density at radius 2 is 1.53 bits per heavy atom. The molecule has 2 rings (SSSR count). The molecule has 0 spiro atoms. The molecule has 1 N–H and O–H groups in total. The maximum absolute atomic E-state index is 12.2.